The number of sulfonamides is 1. The van der Waals surface area contributed by atoms with Gasteiger partial charge in [0.2, 0.25) is 0 Å². The average molecular weight is 536 g/mol. The van der Waals surface area contributed by atoms with E-state index < -0.39 is 22.1 Å². The zero-order chi connectivity index (χ0) is 27.3. The molecule has 0 fully saturated rings. The van der Waals surface area contributed by atoms with E-state index >= 15 is 0 Å². The third-order valence-electron chi connectivity index (χ3n) is 6.11. The minimum absolute atomic E-state index is 0.0464. The molecule has 0 spiro atoms. The van der Waals surface area contributed by atoms with Crippen LogP contribution in [0.25, 0.3) is 22.2 Å². The summed E-state index contributed by atoms with van der Waals surface area (Å²) in [5.41, 5.74) is 3.39. The van der Waals surface area contributed by atoms with E-state index in [9.17, 15) is 23.1 Å². The quantitative estimate of drug-likeness (QED) is 0.285. The number of unbranched alkanes of at least 4 members (excludes halogenated alkanes) is 1. The summed E-state index contributed by atoms with van der Waals surface area (Å²) in [5, 5.41) is 9.77. The molecule has 198 valence electrons. The van der Waals surface area contributed by atoms with Crippen molar-refractivity contribution in [1.82, 2.24) is 14.3 Å². The maximum absolute atomic E-state index is 12.9. The fourth-order valence-corrected chi connectivity index (χ4v) is 5.46. The Morgan fingerprint density at radius 2 is 1.74 bits per heavy atom. The maximum atomic E-state index is 12.9. The normalized spacial score (nSPS) is 11.4. The van der Waals surface area contributed by atoms with Crippen LogP contribution in [0.1, 0.15) is 48.4 Å². The zero-order valence-electron chi connectivity index (χ0n) is 21.2. The van der Waals surface area contributed by atoms with Crippen molar-refractivity contribution in [3.63, 3.8) is 0 Å². The summed E-state index contributed by atoms with van der Waals surface area (Å²) in [6.45, 7) is 4.13. The predicted octanol–water partition coefficient (Wildman–Crippen LogP) is 5.23. The van der Waals surface area contributed by atoms with Crippen LogP contribution in [0.4, 0.5) is 4.79 Å². The van der Waals surface area contributed by atoms with Crippen molar-refractivity contribution in [1.29, 1.82) is 0 Å². The van der Waals surface area contributed by atoms with E-state index in [1.807, 2.05) is 27.5 Å². The Bertz CT molecular complexity index is 1580. The van der Waals surface area contributed by atoms with E-state index in [0.29, 0.717) is 28.7 Å². The largest absolute Gasteiger partial charge is 0.478 e. The lowest BCUT2D eigenvalue weighted by atomic mass is 10.0. The van der Waals surface area contributed by atoms with Gasteiger partial charge in [-0.3, -0.25) is 0 Å². The predicted molar refractivity (Wildman–Crippen MR) is 144 cm³/mol. The number of aromatic nitrogens is 2. The number of para-hydroxylation sites is 1. The fraction of sp³-hybridized carbons (Fsp3) is 0.250. The molecule has 0 atom stereocenters. The van der Waals surface area contributed by atoms with Crippen LogP contribution >= 0.6 is 0 Å². The first kappa shape index (κ1) is 26.9. The number of nitrogens with zero attached hydrogens (tertiary/aromatic N) is 2. The van der Waals surface area contributed by atoms with Gasteiger partial charge in [0.15, 0.2) is 0 Å². The maximum Gasteiger partial charge on any atom is 0.421 e. The molecule has 9 nitrogen and oxygen atoms in total. The number of carboxylic acid groups (broad SMARTS) is 1. The lowest BCUT2D eigenvalue weighted by Crippen LogP contribution is -2.31. The highest BCUT2D eigenvalue weighted by Crippen LogP contribution is 2.29. The molecule has 0 aliphatic rings. The molecule has 0 aliphatic carbocycles. The fourth-order valence-electron chi connectivity index (χ4n) is 4.34. The lowest BCUT2D eigenvalue weighted by Gasteiger charge is -2.13. The van der Waals surface area contributed by atoms with Crippen LogP contribution in [0.3, 0.4) is 0 Å². The van der Waals surface area contributed by atoms with Gasteiger partial charge < -0.3 is 14.4 Å². The second-order valence-corrected chi connectivity index (χ2v) is 10.4. The molecule has 1 heterocycles. The number of nitrogens with one attached hydrogen (secondary N) is 1. The molecule has 1 aromatic heterocycles. The minimum Gasteiger partial charge on any atom is -0.478 e. The number of amides is 1. The van der Waals surface area contributed by atoms with E-state index in [1.165, 1.54) is 6.07 Å². The Morgan fingerprint density at radius 1 is 1.00 bits per heavy atom. The van der Waals surface area contributed by atoms with Gasteiger partial charge in [-0.25, -0.2) is 27.7 Å². The monoisotopic (exact) mass is 535 g/mol. The van der Waals surface area contributed by atoms with Crippen LogP contribution < -0.4 is 4.72 Å². The highest BCUT2D eigenvalue weighted by molar-refractivity contribution is 7.90. The molecule has 0 aliphatic heterocycles. The number of benzene rings is 3. The first-order valence-corrected chi connectivity index (χ1v) is 13.8. The van der Waals surface area contributed by atoms with Crippen LogP contribution in [0.5, 0.6) is 0 Å². The summed E-state index contributed by atoms with van der Waals surface area (Å²) in [6.07, 6.45) is 1.60. The molecule has 0 unspecified atom stereocenters. The Kier molecular flexibility index (Phi) is 8.11. The van der Waals surface area contributed by atoms with E-state index in [4.69, 9.17) is 9.72 Å². The molecule has 2 N–H and O–H groups in total. The summed E-state index contributed by atoms with van der Waals surface area (Å²) in [7, 11) is -4.16. The number of carboxylic acids is 1. The summed E-state index contributed by atoms with van der Waals surface area (Å²) in [5.74, 6) is -0.190. The topological polar surface area (TPSA) is 128 Å². The number of carbonyl (C=O) groups excluding carboxylic acids is 1. The van der Waals surface area contributed by atoms with Crippen LogP contribution in [-0.4, -0.2) is 41.7 Å². The van der Waals surface area contributed by atoms with Crippen molar-refractivity contribution in [2.24, 2.45) is 0 Å². The highest BCUT2D eigenvalue weighted by Gasteiger charge is 2.22. The van der Waals surface area contributed by atoms with Crippen LogP contribution in [0.2, 0.25) is 0 Å². The molecule has 0 saturated carbocycles. The van der Waals surface area contributed by atoms with Crippen molar-refractivity contribution < 1.29 is 27.9 Å². The van der Waals surface area contributed by atoms with Gasteiger partial charge in [0, 0.05) is 18.5 Å². The summed E-state index contributed by atoms with van der Waals surface area (Å²) < 4.78 is 34.3. The van der Waals surface area contributed by atoms with Gasteiger partial charge in [-0.05, 0) is 42.7 Å². The van der Waals surface area contributed by atoms with Gasteiger partial charge in [-0.2, -0.15) is 0 Å². The SMILES string of the molecule is CCCCc1nc2cccc(C(=O)O)c2n1Cc1ccc(-c2ccccc2S(=O)(=O)NC(=O)OCC)cc1. The van der Waals surface area contributed by atoms with Gasteiger partial charge >= 0.3 is 12.1 Å². The number of rotatable bonds is 10. The van der Waals surface area contributed by atoms with E-state index in [-0.39, 0.29) is 17.1 Å². The van der Waals surface area contributed by atoms with Crippen molar-refractivity contribution in [2.75, 3.05) is 6.61 Å². The lowest BCUT2D eigenvalue weighted by molar-refractivity contribution is 0.0698. The first-order chi connectivity index (χ1) is 18.2. The molecule has 1 amide bonds. The summed E-state index contributed by atoms with van der Waals surface area (Å²) in [6, 6.07) is 18.8. The number of aromatic carboxylic acids is 1. The zero-order valence-corrected chi connectivity index (χ0v) is 22.0. The second kappa shape index (κ2) is 11.5. The number of hydrogen-bond acceptors (Lipinski definition) is 6. The number of hydrogen-bond donors (Lipinski definition) is 2. The third-order valence-corrected chi connectivity index (χ3v) is 7.48. The van der Waals surface area contributed by atoms with E-state index in [0.717, 1.165) is 30.7 Å². The van der Waals surface area contributed by atoms with Crippen LogP contribution in [0, 0.1) is 0 Å². The van der Waals surface area contributed by atoms with Gasteiger partial charge in [0.1, 0.15) is 5.82 Å². The van der Waals surface area contributed by atoms with Crippen molar-refractivity contribution in [3.05, 3.63) is 83.7 Å². The van der Waals surface area contributed by atoms with Gasteiger partial charge in [-0.15, -0.1) is 0 Å². The second-order valence-electron chi connectivity index (χ2n) is 8.72. The van der Waals surface area contributed by atoms with Crippen molar-refractivity contribution in [3.8, 4) is 11.1 Å². The van der Waals surface area contributed by atoms with E-state index in [2.05, 4.69) is 6.92 Å². The molecule has 0 saturated heterocycles. The number of fused-ring (bicyclic) bond motifs is 1. The smallest absolute Gasteiger partial charge is 0.421 e. The van der Waals surface area contributed by atoms with Crippen LogP contribution in [0.15, 0.2) is 71.6 Å². The molecule has 0 radical (unpaired) electrons. The Morgan fingerprint density at radius 3 is 2.42 bits per heavy atom. The number of carbonyl (C=O) groups is 2. The van der Waals surface area contributed by atoms with Crippen molar-refractivity contribution in [2.45, 2.75) is 44.6 Å². The molecule has 0 bridgehead atoms. The van der Waals surface area contributed by atoms with Gasteiger partial charge in [0.25, 0.3) is 10.0 Å². The molecular formula is C28H29N3O6S. The summed E-state index contributed by atoms with van der Waals surface area (Å²) >= 11 is 0. The molecular weight excluding hydrogens is 506 g/mol. The first-order valence-electron chi connectivity index (χ1n) is 12.3. The molecule has 38 heavy (non-hydrogen) atoms. The Balaban J connectivity index is 1.69. The minimum atomic E-state index is -4.16. The summed E-state index contributed by atoms with van der Waals surface area (Å²) in [4.78, 5) is 28.4. The standard InChI is InChI=1S/C28H29N3O6S/c1-3-5-13-25-29-23-11-8-10-22(27(32)33)26(23)31(25)18-19-14-16-20(17-15-19)21-9-6-7-12-24(21)38(35,36)30-28(34)37-4-2/h6-12,14-17H,3-5,13,18H2,1-2H3,(H,30,34)(H,32,33). The third kappa shape index (κ3) is 5.70. The van der Waals surface area contributed by atoms with E-state index in [1.54, 1.807) is 49.4 Å². The van der Waals surface area contributed by atoms with Gasteiger partial charge in [0.05, 0.1) is 28.1 Å². The molecule has 4 aromatic rings. The Labute approximate surface area is 221 Å². The molecule has 3 aromatic carbocycles. The van der Waals surface area contributed by atoms with Crippen molar-refractivity contribution >= 4 is 33.1 Å². The number of imidazole rings is 1. The van der Waals surface area contributed by atoms with Crippen LogP contribution in [-0.2, 0) is 27.7 Å². The van der Waals surface area contributed by atoms with Gasteiger partial charge in [-0.1, -0.05) is 61.9 Å². The average Bonchev–Trinajstić information content (AvgIpc) is 3.24. The highest BCUT2D eigenvalue weighted by atomic mass is 32.2. The Hall–Kier alpha value is -4.18. The molecule has 4 rings (SSSR count). The molecule has 10 heteroatoms. The number of aryl methyl sites for hydroxylation is 1. The number of ether oxygens (including phenoxy) is 1.